The van der Waals surface area contributed by atoms with Gasteiger partial charge in [0, 0.05) is 13.1 Å². The van der Waals surface area contributed by atoms with Gasteiger partial charge in [-0.05, 0) is 24.3 Å². The zero-order valence-electron chi connectivity index (χ0n) is 14.9. The normalized spacial score (nSPS) is 14.5. The fourth-order valence-electron chi connectivity index (χ4n) is 2.44. The largest absolute Gasteiger partial charge is 0.465 e. The number of hydrogen-bond acceptors (Lipinski definition) is 4. The molecule has 0 unspecified atom stereocenters. The maximum atomic E-state index is 12.0. The van der Waals surface area contributed by atoms with Gasteiger partial charge in [0.25, 0.3) is 0 Å². The Hall–Kier alpha value is -1.64. The highest BCUT2D eigenvalue weighted by Gasteiger charge is 2.27. The molecule has 0 saturated heterocycles. The van der Waals surface area contributed by atoms with Gasteiger partial charge in [-0.15, -0.1) is 0 Å². The molecule has 0 radical (unpaired) electrons. The summed E-state index contributed by atoms with van der Waals surface area (Å²) in [5, 5.41) is 21.8. The van der Waals surface area contributed by atoms with Crippen molar-refractivity contribution >= 4 is 16.1 Å². The van der Waals surface area contributed by atoms with Gasteiger partial charge in [-0.25, -0.2) is 13.2 Å². The van der Waals surface area contributed by atoms with E-state index in [2.05, 4.69) is 5.32 Å². The van der Waals surface area contributed by atoms with Crippen molar-refractivity contribution in [3.63, 3.8) is 0 Å². The third-order valence-electron chi connectivity index (χ3n) is 3.89. The molecule has 0 aromatic heterocycles. The molecule has 8 heteroatoms. The van der Waals surface area contributed by atoms with Crippen LogP contribution in [-0.2, 0) is 16.4 Å². The third kappa shape index (κ3) is 8.33. The summed E-state index contributed by atoms with van der Waals surface area (Å²) in [5.41, 5.74) is 0.855. The number of amides is 1. The Labute approximate surface area is 149 Å². The van der Waals surface area contributed by atoms with Gasteiger partial charge in [0.1, 0.15) is 0 Å². The zero-order valence-corrected chi connectivity index (χ0v) is 15.7. The van der Waals surface area contributed by atoms with Crippen molar-refractivity contribution in [2.24, 2.45) is 5.92 Å². The maximum absolute atomic E-state index is 12.0. The van der Waals surface area contributed by atoms with Crippen LogP contribution in [0.25, 0.3) is 0 Å². The Kier molecular flexibility index (Phi) is 8.34. The molecule has 1 amide bonds. The summed E-state index contributed by atoms with van der Waals surface area (Å²) in [4.78, 5) is 11.0. The molecular formula is C17H28N2O5S. The van der Waals surface area contributed by atoms with Gasteiger partial charge in [-0.3, -0.25) is 0 Å². The molecule has 25 heavy (non-hydrogen) atoms. The Morgan fingerprint density at radius 3 is 2.32 bits per heavy atom. The number of nitrogens with zero attached hydrogens (tertiary/aromatic N) is 1. The van der Waals surface area contributed by atoms with Crippen LogP contribution in [0.1, 0.15) is 25.8 Å². The molecule has 0 saturated carbocycles. The van der Waals surface area contributed by atoms with Gasteiger partial charge >= 0.3 is 6.09 Å². The molecule has 7 nitrogen and oxygen atoms in total. The molecule has 0 bridgehead atoms. The Morgan fingerprint density at radius 2 is 1.84 bits per heavy atom. The smallest absolute Gasteiger partial charge is 0.404 e. The first kappa shape index (κ1) is 21.4. The molecule has 1 aromatic carbocycles. The number of nitrogens with one attached hydrogen (secondary N) is 1. The molecule has 2 atom stereocenters. The van der Waals surface area contributed by atoms with E-state index in [1.54, 1.807) is 0 Å². The zero-order chi connectivity index (χ0) is 19.0. The van der Waals surface area contributed by atoms with Crippen LogP contribution in [0.2, 0.25) is 0 Å². The lowest BCUT2D eigenvalue weighted by atomic mass is 10.0. The first-order chi connectivity index (χ1) is 11.6. The van der Waals surface area contributed by atoms with Crippen molar-refractivity contribution < 1.29 is 23.4 Å². The van der Waals surface area contributed by atoms with Gasteiger partial charge < -0.3 is 15.5 Å². The monoisotopic (exact) mass is 372 g/mol. The average molecular weight is 372 g/mol. The first-order valence-corrected chi connectivity index (χ1v) is 10.1. The molecule has 0 aliphatic carbocycles. The SMILES string of the molecule is CC(C)CCN(C[C@H](O)[C@H](Cc1ccccc1)NC(=O)O)S(C)(=O)=O. The van der Waals surface area contributed by atoms with E-state index in [0.29, 0.717) is 18.9 Å². The third-order valence-corrected chi connectivity index (χ3v) is 5.16. The summed E-state index contributed by atoms with van der Waals surface area (Å²) in [6, 6.07) is 8.35. The minimum absolute atomic E-state index is 0.149. The van der Waals surface area contributed by atoms with Crippen LogP contribution in [0.4, 0.5) is 4.79 Å². The molecule has 3 N–H and O–H groups in total. The highest BCUT2D eigenvalue weighted by atomic mass is 32.2. The van der Waals surface area contributed by atoms with Gasteiger partial charge in [0.15, 0.2) is 0 Å². The molecule has 142 valence electrons. The second-order valence-corrected chi connectivity index (χ2v) is 8.60. The molecule has 0 heterocycles. The summed E-state index contributed by atoms with van der Waals surface area (Å²) in [6.45, 7) is 4.12. The number of carboxylic acid groups (broad SMARTS) is 1. The van der Waals surface area contributed by atoms with Gasteiger partial charge in [-0.2, -0.15) is 4.31 Å². The number of hydrogen-bond donors (Lipinski definition) is 3. The Balaban J connectivity index is 2.86. The number of aliphatic hydroxyl groups excluding tert-OH is 1. The second-order valence-electron chi connectivity index (χ2n) is 6.62. The van der Waals surface area contributed by atoms with Crippen LogP contribution >= 0.6 is 0 Å². The Morgan fingerprint density at radius 1 is 1.24 bits per heavy atom. The molecular weight excluding hydrogens is 344 g/mol. The van der Waals surface area contributed by atoms with Crippen LogP contribution in [-0.4, -0.2) is 60.5 Å². The van der Waals surface area contributed by atoms with E-state index in [1.807, 2.05) is 44.2 Å². The number of rotatable bonds is 10. The standard InChI is InChI=1S/C17H28N2O5S/c1-13(2)9-10-19(25(3,23)24)12-16(20)15(18-17(21)22)11-14-7-5-4-6-8-14/h4-8,13,15-16,18,20H,9-12H2,1-3H3,(H,21,22)/t15-,16-/m0/s1. The van der Waals surface area contributed by atoms with E-state index in [0.717, 1.165) is 11.8 Å². The summed E-state index contributed by atoms with van der Waals surface area (Å²) >= 11 is 0. The van der Waals surface area contributed by atoms with Gasteiger partial charge in [-0.1, -0.05) is 44.2 Å². The molecule has 0 spiro atoms. The lowest BCUT2D eigenvalue weighted by Crippen LogP contribution is -2.50. The molecule has 1 aromatic rings. The van der Waals surface area contributed by atoms with Crippen LogP contribution in [0.3, 0.4) is 0 Å². The first-order valence-electron chi connectivity index (χ1n) is 8.26. The fourth-order valence-corrected chi connectivity index (χ4v) is 3.30. The van der Waals surface area contributed by atoms with E-state index in [1.165, 1.54) is 4.31 Å². The summed E-state index contributed by atoms with van der Waals surface area (Å²) in [5.74, 6) is 0.318. The minimum atomic E-state index is -3.49. The van der Waals surface area contributed by atoms with Crippen LogP contribution in [0, 0.1) is 5.92 Å². The van der Waals surface area contributed by atoms with Crippen molar-refractivity contribution in [3.8, 4) is 0 Å². The van der Waals surface area contributed by atoms with Crippen molar-refractivity contribution in [1.82, 2.24) is 9.62 Å². The topological polar surface area (TPSA) is 107 Å². The van der Waals surface area contributed by atoms with Crippen molar-refractivity contribution in [2.75, 3.05) is 19.3 Å². The van der Waals surface area contributed by atoms with Crippen molar-refractivity contribution in [3.05, 3.63) is 35.9 Å². The van der Waals surface area contributed by atoms with E-state index >= 15 is 0 Å². The highest BCUT2D eigenvalue weighted by Crippen LogP contribution is 2.11. The lowest BCUT2D eigenvalue weighted by molar-refractivity contribution is 0.0995. The van der Waals surface area contributed by atoms with Crippen molar-refractivity contribution in [1.29, 1.82) is 0 Å². The fraction of sp³-hybridized carbons (Fsp3) is 0.588. The molecule has 0 aliphatic rings. The number of aliphatic hydroxyl groups is 1. The highest BCUT2D eigenvalue weighted by molar-refractivity contribution is 7.88. The van der Waals surface area contributed by atoms with Crippen molar-refractivity contribution in [2.45, 2.75) is 38.8 Å². The number of benzene rings is 1. The van der Waals surface area contributed by atoms with Crippen LogP contribution in [0.5, 0.6) is 0 Å². The number of carbonyl (C=O) groups is 1. The van der Waals surface area contributed by atoms with Crippen LogP contribution in [0.15, 0.2) is 30.3 Å². The number of sulfonamides is 1. The molecule has 0 aliphatic heterocycles. The molecule has 0 fully saturated rings. The van der Waals surface area contributed by atoms with E-state index < -0.39 is 28.3 Å². The maximum Gasteiger partial charge on any atom is 0.404 e. The van der Waals surface area contributed by atoms with Gasteiger partial charge in [0.05, 0.1) is 18.4 Å². The summed E-state index contributed by atoms with van der Waals surface area (Å²) < 4.78 is 25.1. The predicted molar refractivity (Wildman–Crippen MR) is 97.0 cm³/mol. The van der Waals surface area contributed by atoms with Crippen LogP contribution < -0.4 is 5.32 Å². The summed E-state index contributed by atoms with van der Waals surface area (Å²) in [7, 11) is -3.49. The van der Waals surface area contributed by atoms with E-state index in [9.17, 15) is 18.3 Å². The average Bonchev–Trinajstić information content (AvgIpc) is 2.49. The Bertz CT molecular complexity index is 634. The second kappa shape index (κ2) is 9.74. The lowest BCUT2D eigenvalue weighted by Gasteiger charge is -2.28. The van der Waals surface area contributed by atoms with E-state index in [4.69, 9.17) is 5.11 Å². The molecule has 1 rings (SSSR count). The predicted octanol–water partition coefficient (Wildman–Crippen LogP) is 1.53. The minimum Gasteiger partial charge on any atom is -0.465 e. The van der Waals surface area contributed by atoms with E-state index in [-0.39, 0.29) is 13.0 Å². The van der Waals surface area contributed by atoms with Gasteiger partial charge in [0.2, 0.25) is 10.0 Å². The summed E-state index contributed by atoms with van der Waals surface area (Å²) in [6.07, 6.45) is -0.381. The quantitative estimate of drug-likeness (QED) is 0.577.